The van der Waals surface area contributed by atoms with Gasteiger partial charge in [-0.25, -0.2) is 18.4 Å². The van der Waals surface area contributed by atoms with Crippen LogP contribution in [0.15, 0.2) is 53.1 Å². The second kappa shape index (κ2) is 7.90. The summed E-state index contributed by atoms with van der Waals surface area (Å²) >= 11 is 7.32. The van der Waals surface area contributed by atoms with Crippen molar-refractivity contribution in [2.75, 3.05) is 4.72 Å². The number of pyridine rings is 1. The van der Waals surface area contributed by atoms with Crippen LogP contribution < -0.4 is 9.46 Å². The van der Waals surface area contributed by atoms with E-state index in [9.17, 15) is 8.42 Å². The van der Waals surface area contributed by atoms with Crippen molar-refractivity contribution in [1.82, 2.24) is 19.9 Å². The summed E-state index contributed by atoms with van der Waals surface area (Å²) in [5.74, 6) is 0.000486. The monoisotopic (exact) mass is 447 g/mol. The molecule has 0 saturated heterocycles. The van der Waals surface area contributed by atoms with E-state index in [0.717, 1.165) is 5.56 Å². The Morgan fingerprint density at radius 3 is 2.86 bits per heavy atom. The SMILES string of the molecule is Cc1c(Cl)cccc1S(=O)(=O)Nc1nc2scnc2nc1OCc1cccnc1. The molecule has 29 heavy (non-hydrogen) atoms. The lowest BCUT2D eigenvalue weighted by atomic mass is 10.2. The zero-order valence-electron chi connectivity index (χ0n) is 15.0. The molecule has 1 aromatic carbocycles. The maximum Gasteiger partial charge on any atom is 0.263 e. The molecule has 3 heterocycles. The second-order valence-corrected chi connectivity index (χ2v) is 8.87. The summed E-state index contributed by atoms with van der Waals surface area (Å²) in [5.41, 5.74) is 3.19. The van der Waals surface area contributed by atoms with Gasteiger partial charge in [-0.1, -0.05) is 23.7 Å². The smallest absolute Gasteiger partial charge is 0.263 e. The molecule has 0 amide bonds. The number of hydrogen-bond acceptors (Lipinski definition) is 8. The number of ether oxygens (including phenoxy) is 1. The van der Waals surface area contributed by atoms with E-state index in [1.807, 2.05) is 6.07 Å². The Morgan fingerprint density at radius 1 is 1.21 bits per heavy atom. The molecule has 0 bridgehead atoms. The summed E-state index contributed by atoms with van der Waals surface area (Å²) in [5, 5.41) is 0.352. The van der Waals surface area contributed by atoms with Crippen LogP contribution in [0.2, 0.25) is 5.02 Å². The topological polar surface area (TPSA) is 107 Å². The fourth-order valence-corrected chi connectivity index (χ4v) is 4.65. The number of rotatable bonds is 6. The molecule has 0 aliphatic heterocycles. The third-order valence-corrected chi connectivity index (χ3v) is 6.59. The summed E-state index contributed by atoms with van der Waals surface area (Å²) in [7, 11) is -3.97. The van der Waals surface area contributed by atoms with Gasteiger partial charge in [-0.15, -0.1) is 11.3 Å². The zero-order valence-corrected chi connectivity index (χ0v) is 17.4. The van der Waals surface area contributed by atoms with Crippen molar-refractivity contribution >= 4 is 49.3 Å². The van der Waals surface area contributed by atoms with Gasteiger partial charge in [0.2, 0.25) is 5.82 Å². The molecule has 0 saturated carbocycles. The fraction of sp³-hybridized carbons (Fsp3) is 0.111. The Balaban J connectivity index is 1.71. The Morgan fingerprint density at radius 2 is 2.07 bits per heavy atom. The second-order valence-electron chi connectivity index (χ2n) is 5.98. The predicted molar refractivity (Wildman–Crippen MR) is 111 cm³/mol. The quantitative estimate of drug-likeness (QED) is 0.478. The fourth-order valence-electron chi connectivity index (χ4n) is 2.55. The Bertz CT molecular complexity index is 1280. The lowest BCUT2D eigenvalue weighted by Crippen LogP contribution is -2.17. The van der Waals surface area contributed by atoms with Gasteiger partial charge in [0.1, 0.15) is 6.61 Å². The lowest BCUT2D eigenvalue weighted by Gasteiger charge is -2.13. The average molecular weight is 448 g/mol. The maximum atomic E-state index is 13.0. The molecule has 0 unspecified atom stereocenters. The number of aromatic nitrogens is 4. The normalized spacial score (nSPS) is 11.5. The minimum Gasteiger partial charge on any atom is -0.470 e. The Kier molecular flexibility index (Phi) is 5.31. The van der Waals surface area contributed by atoms with Crippen LogP contribution in [0.25, 0.3) is 10.5 Å². The van der Waals surface area contributed by atoms with Gasteiger partial charge in [-0.05, 0) is 30.7 Å². The molecule has 148 valence electrons. The van der Waals surface area contributed by atoms with Crippen LogP contribution in [0.5, 0.6) is 5.88 Å². The van der Waals surface area contributed by atoms with Gasteiger partial charge in [0.25, 0.3) is 15.9 Å². The van der Waals surface area contributed by atoms with Crippen LogP contribution >= 0.6 is 22.9 Å². The van der Waals surface area contributed by atoms with E-state index >= 15 is 0 Å². The Labute approximate surface area is 175 Å². The van der Waals surface area contributed by atoms with E-state index in [4.69, 9.17) is 16.3 Å². The minimum atomic E-state index is -3.97. The highest BCUT2D eigenvalue weighted by atomic mass is 35.5. The van der Waals surface area contributed by atoms with Crippen LogP contribution in [0, 0.1) is 6.92 Å². The molecule has 0 aliphatic rings. The summed E-state index contributed by atoms with van der Waals surface area (Å²) in [4.78, 5) is 17.3. The number of sulfonamides is 1. The zero-order chi connectivity index (χ0) is 20.4. The van der Waals surface area contributed by atoms with Crippen molar-refractivity contribution in [3.8, 4) is 5.88 Å². The molecule has 8 nitrogen and oxygen atoms in total. The van der Waals surface area contributed by atoms with Gasteiger partial charge in [-0.3, -0.25) is 9.71 Å². The highest BCUT2D eigenvalue weighted by Gasteiger charge is 2.23. The van der Waals surface area contributed by atoms with Crippen LogP contribution in [0.1, 0.15) is 11.1 Å². The van der Waals surface area contributed by atoms with Crippen molar-refractivity contribution in [1.29, 1.82) is 0 Å². The van der Waals surface area contributed by atoms with Gasteiger partial charge < -0.3 is 4.74 Å². The third-order valence-electron chi connectivity index (χ3n) is 3.99. The number of nitrogens with one attached hydrogen (secondary N) is 1. The summed E-state index contributed by atoms with van der Waals surface area (Å²) in [6.07, 6.45) is 3.30. The number of thiazole rings is 1. The third kappa shape index (κ3) is 4.14. The average Bonchev–Trinajstić information content (AvgIpc) is 3.16. The summed E-state index contributed by atoms with van der Waals surface area (Å²) in [6, 6.07) is 8.28. The first-order valence-electron chi connectivity index (χ1n) is 8.35. The van der Waals surface area contributed by atoms with Crippen molar-refractivity contribution in [2.24, 2.45) is 0 Å². The van der Waals surface area contributed by atoms with E-state index in [2.05, 4.69) is 24.7 Å². The van der Waals surface area contributed by atoms with E-state index in [1.54, 1.807) is 43.0 Å². The van der Waals surface area contributed by atoms with Crippen molar-refractivity contribution in [2.45, 2.75) is 18.4 Å². The van der Waals surface area contributed by atoms with Crippen LogP contribution in [0.3, 0.4) is 0 Å². The first kappa shape index (κ1) is 19.5. The molecule has 0 spiro atoms. The van der Waals surface area contributed by atoms with E-state index in [0.29, 0.717) is 21.1 Å². The molecule has 11 heteroatoms. The molecule has 0 radical (unpaired) electrons. The molecule has 0 atom stereocenters. The molecule has 4 aromatic rings. The number of nitrogens with zero attached hydrogens (tertiary/aromatic N) is 4. The van der Waals surface area contributed by atoms with Crippen LogP contribution in [-0.2, 0) is 16.6 Å². The number of benzene rings is 1. The Hall–Kier alpha value is -2.82. The summed E-state index contributed by atoms with van der Waals surface area (Å²) in [6.45, 7) is 1.78. The highest BCUT2D eigenvalue weighted by molar-refractivity contribution is 7.92. The van der Waals surface area contributed by atoms with Gasteiger partial charge in [0.05, 0.1) is 10.4 Å². The molecule has 3 aromatic heterocycles. The van der Waals surface area contributed by atoms with Crippen molar-refractivity contribution < 1.29 is 13.2 Å². The number of anilines is 1. The lowest BCUT2D eigenvalue weighted by molar-refractivity contribution is 0.295. The van der Waals surface area contributed by atoms with Gasteiger partial charge >= 0.3 is 0 Å². The van der Waals surface area contributed by atoms with Crippen LogP contribution in [0.4, 0.5) is 5.82 Å². The number of fused-ring (bicyclic) bond motifs is 1. The largest absolute Gasteiger partial charge is 0.470 e. The van der Waals surface area contributed by atoms with Gasteiger partial charge in [0.15, 0.2) is 10.5 Å². The van der Waals surface area contributed by atoms with E-state index in [-0.39, 0.29) is 23.2 Å². The first-order chi connectivity index (χ1) is 13.9. The maximum absolute atomic E-state index is 13.0. The number of hydrogen-bond donors (Lipinski definition) is 1. The van der Waals surface area contributed by atoms with E-state index in [1.165, 1.54) is 17.4 Å². The molecule has 1 N–H and O–H groups in total. The minimum absolute atomic E-state index is 0.0231. The highest BCUT2D eigenvalue weighted by Crippen LogP contribution is 2.29. The van der Waals surface area contributed by atoms with Crippen molar-refractivity contribution in [3.63, 3.8) is 0 Å². The van der Waals surface area contributed by atoms with E-state index < -0.39 is 10.0 Å². The molecular formula is C18H14ClN5O3S2. The first-order valence-corrected chi connectivity index (χ1v) is 11.1. The van der Waals surface area contributed by atoms with Crippen molar-refractivity contribution in [3.05, 3.63) is 64.4 Å². The van der Waals surface area contributed by atoms with Crippen LogP contribution in [-0.4, -0.2) is 28.4 Å². The molecular weight excluding hydrogens is 434 g/mol. The molecule has 0 fully saturated rings. The molecule has 4 rings (SSSR count). The molecule has 0 aliphatic carbocycles. The number of halogens is 1. The van der Waals surface area contributed by atoms with Gasteiger partial charge in [-0.2, -0.15) is 4.98 Å². The predicted octanol–water partition coefficient (Wildman–Crippen LogP) is 3.82. The summed E-state index contributed by atoms with van der Waals surface area (Å²) < 4.78 is 34.1. The standard InChI is InChI=1S/C18H14ClN5O3S2/c1-11-13(19)5-2-6-14(11)29(25,26)24-15-17(22-16-18(23-15)28-10-21-16)27-9-12-4-3-7-20-8-12/h2-8,10H,9H2,1H3,(H,23,24). The van der Waals surface area contributed by atoms with Gasteiger partial charge in [0, 0.05) is 23.0 Å².